The SMILES string of the molecule is CC(C)(C)[Si](C)(C)OCC[C@H](/C=C/C=O)O[Si](c1ccccc1)(c1ccccc1)C(C)(C)C. The molecule has 0 unspecified atom stereocenters. The molecular weight excluding hydrogens is 440 g/mol. The number of carbonyl (C=O) groups is 1. The van der Waals surface area contributed by atoms with Crippen molar-refractivity contribution in [2.45, 2.75) is 77.2 Å². The molecule has 180 valence electrons. The number of hydrogen-bond acceptors (Lipinski definition) is 3. The largest absolute Gasteiger partial charge is 0.417 e. The number of benzene rings is 2. The lowest BCUT2D eigenvalue weighted by atomic mass is 10.2. The van der Waals surface area contributed by atoms with E-state index in [0.717, 1.165) is 6.29 Å². The molecule has 3 nitrogen and oxygen atoms in total. The zero-order valence-electron chi connectivity index (χ0n) is 21.7. The maximum atomic E-state index is 11.2. The molecule has 0 bridgehead atoms. The fraction of sp³-hybridized carbons (Fsp3) is 0.464. The summed E-state index contributed by atoms with van der Waals surface area (Å²) in [7, 11) is -4.57. The van der Waals surface area contributed by atoms with Gasteiger partial charge in [0.15, 0.2) is 8.32 Å². The zero-order valence-corrected chi connectivity index (χ0v) is 23.7. The lowest BCUT2D eigenvalue weighted by molar-refractivity contribution is -0.104. The van der Waals surface area contributed by atoms with E-state index in [0.29, 0.717) is 13.0 Å². The molecule has 0 N–H and O–H groups in total. The third-order valence-electron chi connectivity index (χ3n) is 6.82. The van der Waals surface area contributed by atoms with Gasteiger partial charge in [-0.2, -0.15) is 0 Å². The molecule has 0 fully saturated rings. The molecule has 0 aliphatic carbocycles. The summed E-state index contributed by atoms with van der Waals surface area (Å²) in [6.45, 7) is 18.7. The molecule has 0 amide bonds. The van der Waals surface area contributed by atoms with Gasteiger partial charge in [-0.25, -0.2) is 0 Å². The summed E-state index contributed by atoms with van der Waals surface area (Å²) in [5.74, 6) is 0. The van der Waals surface area contributed by atoms with Crippen molar-refractivity contribution in [1.82, 2.24) is 0 Å². The Hall–Kier alpha value is -1.80. The molecule has 0 saturated carbocycles. The van der Waals surface area contributed by atoms with Crippen LogP contribution >= 0.6 is 0 Å². The highest BCUT2D eigenvalue weighted by Crippen LogP contribution is 2.39. The molecule has 0 heterocycles. The van der Waals surface area contributed by atoms with Crippen LogP contribution in [0.5, 0.6) is 0 Å². The molecule has 0 radical (unpaired) electrons. The van der Waals surface area contributed by atoms with Crippen LogP contribution in [0, 0.1) is 0 Å². The van der Waals surface area contributed by atoms with Crippen molar-refractivity contribution in [2.24, 2.45) is 0 Å². The van der Waals surface area contributed by atoms with E-state index < -0.39 is 16.6 Å². The lowest BCUT2D eigenvalue weighted by Crippen LogP contribution is -2.67. The van der Waals surface area contributed by atoms with Crippen LogP contribution in [-0.4, -0.2) is 35.6 Å². The van der Waals surface area contributed by atoms with E-state index in [2.05, 4.69) is 103 Å². The molecule has 0 saturated heterocycles. The van der Waals surface area contributed by atoms with E-state index >= 15 is 0 Å². The molecule has 0 spiro atoms. The molecule has 2 aromatic carbocycles. The van der Waals surface area contributed by atoms with Crippen LogP contribution in [0.4, 0.5) is 0 Å². The van der Waals surface area contributed by atoms with Crippen LogP contribution < -0.4 is 10.4 Å². The van der Waals surface area contributed by atoms with Crippen LogP contribution in [0.1, 0.15) is 48.0 Å². The predicted octanol–water partition coefficient (Wildman–Crippen LogP) is 6.10. The predicted molar refractivity (Wildman–Crippen MR) is 145 cm³/mol. The number of carbonyl (C=O) groups excluding carboxylic acids is 1. The summed E-state index contributed by atoms with van der Waals surface area (Å²) in [6, 6.07) is 21.2. The van der Waals surface area contributed by atoms with Crippen molar-refractivity contribution in [3.05, 3.63) is 72.8 Å². The Morgan fingerprint density at radius 3 is 1.70 bits per heavy atom. The third-order valence-corrected chi connectivity index (χ3v) is 16.4. The maximum absolute atomic E-state index is 11.2. The van der Waals surface area contributed by atoms with Gasteiger partial charge in [-0.15, -0.1) is 0 Å². The number of rotatable bonds is 10. The third kappa shape index (κ3) is 6.63. The van der Waals surface area contributed by atoms with Crippen molar-refractivity contribution in [3.63, 3.8) is 0 Å². The minimum Gasteiger partial charge on any atom is -0.417 e. The molecule has 0 aliphatic rings. The Morgan fingerprint density at radius 1 is 0.818 bits per heavy atom. The minimum absolute atomic E-state index is 0.122. The van der Waals surface area contributed by atoms with Gasteiger partial charge in [-0.3, -0.25) is 4.79 Å². The fourth-order valence-electron chi connectivity index (χ4n) is 3.93. The van der Waals surface area contributed by atoms with E-state index in [-0.39, 0.29) is 16.2 Å². The molecule has 33 heavy (non-hydrogen) atoms. The van der Waals surface area contributed by atoms with Gasteiger partial charge < -0.3 is 8.85 Å². The Kier molecular flexibility index (Phi) is 9.22. The first-order valence-electron chi connectivity index (χ1n) is 11.9. The number of allylic oxidation sites excluding steroid dienone is 1. The van der Waals surface area contributed by atoms with E-state index in [4.69, 9.17) is 8.85 Å². The Morgan fingerprint density at radius 2 is 1.30 bits per heavy atom. The van der Waals surface area contributed by atoms with Gasteiger partial charge in [0.2, 0.25) is 0 Å². The van der Waals surface area contributed by atoms with Crippen molar-refractivity contribution < 1.29 is 13.6 Å². The second-order valence-electron chi connectivity index (χ2n) is 11.2. The number of hydrogen-bond donors (Lipinski definition) is 0. The molecule has 1 atom stereocenters. The maximum Gasteiger partial charge on any atom is 0.261 e. The molecule has 5 heteroatoms. The normalized spacial score (nSPS) is 14.4. The summed E-state index contributed by atoms with van der Waals surface area (Å²) in [5.41, 5.74) is 0. The zero-order chi connectivity index (χ0) is 24.8. The first kappa shape index (κ1) is 27.4. The summed E-state index contributed by atoms with van der Waals surface area (Å²) in [6.07, 6.45) is 4.79. The topological polar surface area (TPSA) is 35.5 Å². The van der Waals surface area contributed by atoms with Crippen molar-refractivity contribution >= 4 is 33.3 Å². The highest BCUT2D eigenvalue weighted by Gasteiger charge is 2.51. The van der Waals surface area contributed by atoms with E-state index in [1.807, 2.05) is 18.2 Å². The minimum atomic E-state index is -2.71. The Labute approximate surface area is 203 Å². The van der Waals surface area contributed by atoms with Gasteiger partial charge in [0, 0.05) is 6.61 Å². The standard InChI is InChI=1S/C28H42O3Si2/c1-27(2,3)32(7,8)30-23-21-24(16-15-22-29)31-33(28(4,5)6,25-17-11-9-12-18-25)26-19-13-10-14-20-26/h9-20,22,24H,21,23H2,1-8H3/b16-15+/t24-/m0/s1. The molecule has 0 aliphatic heterocycles. The van der Waals surface area contributed by atoms with Crippen LogP contribution in [-0.2, 0) is 13.6 Å². The van der Waals surface area contributed by atoms with Crippen LogP contribution in [0.15, 0.2) is 72.8 Å². The number of aldehydes is 1. The van der Waals surface area contributed by atoms with Crippen LogP contribution in [0.3, 0.4) is 0 Å². The van der Waals surface area contributed by atoms with Gasteiger partial charge in [0.05, 0.1) is 6.10 Å². The molecule has 2 aromatic rings. The van der Waals surface area contributed by atoms with Crippen LogP contribution in [0.25, 0.3) is 0 Å². The second-order valence-corrected chi connectivity index (χ2v) is 20.3. The summed E-state index contributed by atoms with van der Waals surface area (Å²) < 4.78 is 13.7. The van der Waals surface area contributed by atoms with E-state index in [1.165, 1.54) is 10.4 Å². The first-order valence-corrected chi connectivity index (χ1v) is 16.7. The highest BCUT2D eigenvalue weighted by atomic mass is 28.4. The van der Waals surface area contributed by atoms with Gasteiger partial charge in [-0.05, 0) is 46.0 Å². The molecular formula is C28H42O3Si2. The van der Waals surface area contributed by atoms with E-state index in [1.54, 1.807) is 6.08 Å². The Bertz CT molecular complexity index is 855. The second kappa shape index (κ2) is 11.1. The van der Waals surface area contributed by atoms with Gasteiger partial charge in [0.25, 0.3) is 8.32 Å². The quantitative estimate of drug-likeness (QED) is 0.233. The summed E-state index contributed by atoms with van der Waals surface area (Å²) >= 11 is 0. The summed E-state index contributed by atoms with van der Waals surface area (Å²) in [4.78, 5) is 11.2. The average Bonchev–Trinajstić information content (AvgIpc) is 2.74. The smallest absolute Gasteiger partial charge is 0.261 e. The fourth-order valence-corrected chi connectivity index (χ4v) is 9.66. The highest BCUT2D eigenvalue weighted by molar-refractivity contribution is 6.99. The van der Waals surface area contributed by atoms with E-state index in [9.17, 15) is 4.79 Å². The summed E-state index contributed by atoms with van der Waals surface area (Å²) in [5, 5.41) is 2.50. The molecule has 2 rings (SSSR count). The van der Waals surface area contributed by atoms with Crippen molar-refractivity contribution in [3.8, 4) is 0 Å². The van der Waals surface area contributed by atoms with Crippen molar-refractivity contribution in [1.29, 1.82) is 0 Å². The van der Waals surface area contributed by atoms with Gasteiger partial charge in [0.1, 0.15) is 6.29 Å². The van der Waals surface area contributed by atoms with Crippen molar-refractivity contribution in [2.75, 3.05) is 6.61 Å². The monoisotopic (exact) mass is 482 g/mol. The average molecular weight is 483 g/mol. The molecule has 0 aromatic heterocycles. The van der Waals surface area contributed by atoms with Gasteiger partial charge in [-0.1, -0.05) is 108 Å². The van der Waals surface area contributed by atoms with Gasteiger partial charge >= 0.3 is 0 Å². The van der Waals surface area contributed by atoms with Crippen LogP contribution in [0.2, 0.25) is 23.2 Å². The Balaban J connectivity index is 2.48. The lowest BCUT2D eigenvalue weighted by Gasteiger charge is -2.45. The first-order chi connectivity index (χ1) is 15.3.